The van der Waals surface area contributed by atoms with Crippen molar-refractivity contribution in [3.8, 4) is 0 Å². The van der Waals surface area contributed by atoms with Gasteiger partial charge in [0.05, 0.1) is 29.0 Å². The van der Waals surface area contributed by atoms with Crippen LogP contribution in [0.2, 0.25) is 0 Å². The molecule has 9 nitrogen and oxygen atoms in total. The van der Waals surface area contributed by atoms with Gasteiger partial charge in [0.1, 0.15) is 0 Å². The third kappa shape index (κ3) is 5.28. The lowest BCUT2D eigenvalue weighted by molar-refractivity contribution is -0.0457. The summed E-state index contributed by atoms with van der Waals surface area (Å²) in [5, 5.41) is 6.38. The fourth-order valence-corrected chi connectivity index (χ4v) is 6.53. The molecule has 0 radical (unpaired) electrons. The second kappa shape index (κ2) is 9.90. The van der Waals surface area contributed by atoms with Crippen molar-refractivity contribution in [2.24, 2.45) is 0 Å². The maximum absolute atomic E-state index is 13.2. The first-order valence-electron chi connectivity index (χ1n) is 10.9. The van der Waals surface area contributed by atoms with Gasteiger partial charge < -0.3 is 15.0 Å². The normalized spacial score (nSPS) is 22.8. The Labute approximate surface area is 198 Å². The molecular formula is C22H28N4O5S2. The summed E-state index contributed by atoms with van der Waals surface area (Å²) in [5.41, 5.74) is 1.35. The van der Waals surface area contributed by atoms with Crippen LogP contribution in [0.3, 0.4) is 0 Å². The van der Waals surface area contributed by atoms with Gasteiger partial charge in [-0.05, 0) is 37.4 Å². The molecule has 1 aromatic carbocycles. The van der Waals surface area contributed by atoms with Crippen LogP contribution in [-0.2, 0) is 14.9 Å². The minimum atomic E-state index is -3.62. The number of anilines is 1. The molecule has 2 unspecified atom stereocenters. The van der Waals surface area contributed by atoms with Gasteiger partial charge in [-0.25, -0.2) is 0 Å². The number of carbonyl (C=O) groups is 2. The number of piperazine rings is 1. The fraction of sp³-hybridized carbons (Fsp3) is 0.455. The lowest BCUT2D eigenvalue weighted by atomic mass is 10.1. The third-order valence-corrected chi connectivity index (χ3v) is 8.41. The number of nitrogens with zero attached hydrogens (tertiary/aromatic N) is 3. The van der Waals surface area contributed by atoms with Gasteiger partial charge in [0.2, 0.25) is 0 Å². The quantitative estimate of drug-likeness (QED) is 0.689. The molecule has 2 aliphatic heterocycles. The molecule has 2 aromatic rings. The number of nitrogens with one attached hydrogen (secondary N) is 1. The molecule has 0 bridgehead atoms. The zero-order valence-electron chi connectivity index (χ0n) is 18.6. The number of benzene rings is 1. The van der Waals surface area contributed by atoms with E-state index in [1.807, 2.05) is 19.2 Å². The van der Waals surface area contributed by atoms with Crippen LogP contribution in [0.4, 0.5) is 5.69 Å². The Morgan fingerprint density at radius 3 is 2.30 bits per heavy atom. The first-order chi connectivity index (χ1) is 15.8. The van der Waals surface area contributed by atoms with Crippen LogP contribution in [0, 0.1) is 0 Å². The molecule has 2 aliphatic rings. The first-order valence-corrected chi connectivity index (χ1v) is 13.2. The molecular weight excluding hydrogens is 464 g/mol. The molecule has 0 saturated carbocycles. The van der Waals surface area contributed by atoms with Gasteiger partial charge in [-0.1, -0.05) is 12.1 Å². The Kier molecular flexibility index (Phi) is 7.15. The molecule has 2 fully saturated rings. The van der Waals surface area contributed by atoms with E-state index in [1.54, 1.807) is 40.6 Å². The molecule has 2 atom stereocenters. The predicted molar refractivity (Wildman–Crippen MR) is 127 cm³/mol. The van der Waals surface area contributed by atoms with E-state index in [9.17, 15) is 18.0 Å². The van der Waals surface area contributed by atoms with E-state index in [0.717, 1.165) is 0 Å². The number of hydrogen-bond acceptors (Lipinski definition) is 6. The first kappa shape index (κ1) is 23.8. The number of morpholine rings is 1. The van der Waals surface area contributed by atoms with Crippen molar-refractivity contribution in [3.05, 3.63) is 52.2 Å². The molecule has 2 amide bonds. The Bertz CT molecular complexity index is 1090. The number of thiophene rings is 1. The molecule has 1 N–H and O–H groups in total. The molecule has 178 valence electrons. The van der Waals surface area contributed by atoms with Gasteiger partial charge in [-0.2, -0.15) is 28.4 Å². The zero-order chi connectivity index (χ0) is 23.6. The number of ether oxygens (including phenoxy) is 1. The third-order valence-electron chi connectivity index (χ3n) is 5.75. The highest BCUT2D eigenvalue weighted by Crippen LogP contribution is 2.22. The monoisotopic (exact) mass is 492 g/mol. The van der Waals surface area contributed by atoms with Crippen molar-refractivity contribution in [1.82, 2.24) is 13.5 Å². The van der Waals surface area contributed by atoms with Crippen molar-refractivity contribution in [2.75, 3.05) is 44.6 Å². The van der Waals surface area contributed by atoms with Crippen molar-refractivity contribution in [2.45, 2.75) is 26.1 Å². The SMILES string of the molecule is CC1CN(S(=O)(=O)N2CCN(C(=O)c3ccccc3NC(=O)c3ccsc3)CC2)CC(C)O1. The smallest absolute Gasteiger partial charge is 0.282 e. The fourth-order valence-electron chi connectivity index (χ4n) is 4.14. The van der Waals surface area contributed by atoms with Crippen LogP contribution >= 0.6 is 11.3 Å². The maximum Gasteiger partial charge on any atom is 0.282 e. The van der Waals surface area contributed by atoms with Crippen molar-refractivity contribution in [3.63, 3.8) is 0 Å². The van der Waals surface area contributed by atoms with E-state index in [0.29, 0.717) is 29.9 Å². The summed E-state index contributed by atoms with van der Waals surface area (Å²) in [6.45, 7) is 5.37. The summed E-state index contributed by atoms with van der Waals surface area (Å²) in [4.78, 5) is 27.3. The second-order valence-corrected chi connectivity index (χ2v) is 11.0. The van der Waals surface area contributed by atoms with Gasteiger partial charge in [0, 0.05) is 44.6 Å². The van der Waals surface area contributed by atoms with Crippen LogP contribution in [0.5, 0.6) is 0 Å². The lowest BCUT2D eigenvalue weighted by Gasteiger charge is -2.40. The average molecular weight is 493 g/mol. The number of rotatable bonds is 5. The minimum Gasteiger partial charge on any atom is -0.373 e. The highest BCUT2D eigenvalue weighted by atomic mass is 32.2. The molecule has 2 saturated heterocycles. The summed E-state index contributed by atoms with van der Waals surface area (Å²) >= 11 is 1.42. The second-order valence-electron chi connectivity index (χ2n) is 8.29. The Balaban J connectivity index is 1.41. The number of para-hydroxylation sites is 1. The molecule has 3 heterocycles. The highest BCUT2D eigenvalue weighted by Gasteiger charge is 2.37. The molecule has 0 aliphatic carbocycles. The van der Waals surface area contributed by atoms with Crippen molar-refractivity contribution in [1.29, 1.82) is 0 Å². The summed E-state index contributed by atoms with van der Waals surface area (Å²) in [6.07, 6.45) is -0.320. The van der Waals surface area contributed by atoms with Crippen LogP contribution in [0.1, 0.15) is 34.6 Å². The number of amides is 2. The zero-order valence-corrected chi connectivity index (χ0v) is 20.3. The molecule has 33 heavy (non-hydrogen) atoms. The number of hydrogen-bond donors (Lipinski definition) is 1. The van der Waals surface area contributed by atoms with E-state index in [-0.39, 0.29) is 50.2 Å². The molecule has 11 heteroatoms. The van der Waals surface area contributed by atoms with Gasteiger partial charge in [-0.3, -0.25) is 9.59 Å². The predicted octanol–water partition coefficient (Wildman–Crippen LogP) is 2.11. The highest BCUT2D eigenvalue weighted by molar-refractivity contribution is 7.86. The lowest BCUT2D eigenvalue weighted by Crippen LogP contribution is -2.57. The van der Waals surface area contributed by atoms with E-state index in [1.165, 1.54) is 19.9 Å². The Morgan fingerprint density at radius 1 is 1.00 bits per heavy atom. The van der Waals surface area contributed by atoms with Gasteiger partial charge in [0.15, 0.2) is 0 Å². The Morgan fingerprint density at radius 2 is 1.67 bits per heavy atom. The Hall–Kier alpha value is -2.31. The van der Waals surface area contributed by atoms with Crippen LogP contribution < -0.4 is 5.32 Å². The molecule has 1 aromatic heterocycles. The van der Waals surface area contributed by atoms with Gasteiger partial charge >= 0.3 is 0 Å². The van der Waals surface area contributed by atoms with Gasteiger partial charge in [0.25, 0.3) is 22.0 Å². The van der Waals surface area contributed by atoms with Crippen molar-refractivity contribution >= 4 is 39.0 Å². The standard InChI is InChI=1S/C22H28N4O5S2/c1-16-13-26(14-17(2)31-16)33(29,30)25-10-8-24(9-11-25)22(28)19-5-3-4-6-20(19)23-21(27)18-7-12-32-15-18/h3-7,12,15-17H,8-11,13-14H2,1-2H3,(H,23,27). The van der Waals surface area contributed by atoms with Crippen molar-refractivity contribution < 1.29 is 22.7 Å². The van der Waals surface area contributed by atoms with Gasteiger partial charge in [-0.15, -0.1) is 0 Å². The molecule has 4 rings (SSSR count). The maximum atomic E-state index is 13.2. The average Bonchev–Trinajstić information content (AvgIpc) is 3.34. The van der Waals surface area contributed by atoms with E-state index in [2.05, 4.69) is 5.32 Å². The summed E-state index contributed by atoms with van der Waals surface area (Å²) in [6, 6.07) is 8.59. The minimum absolute atomic E-state index is 0.160. The summed E-state index contributed by atoms with van der Waals surface area (Å²) in [7, 11) is -3.62. The topological polar surface area (TPSA) is 99.3 Å². The van der Waals surface area contributed by atoms with E-state index < -0.39 is 10.2 Å². The van der Waals surface area contributed by atoms with Crippen LogP contribution in [0.25, 0.3) is 0 Å². The molecule has 0 spiro atoms. The van der Waals surface area contributed by atoms with E-state index >= 15 is 0 Å². The van der Waals surface area contributed by atoms with E-state index in [4.69, 9.17) is 4.74 Å². The summed E-state index contributed by atoms with van der Waals surface area (Å²) in [5.74, 6) is -0.511. The number of carbonyl (C=O) groups excluding carboxylic acids is 2. The summed E-state index contributed by atoms with van der Waals surface area (Å²) < 4.78 is 34.8. The van der Waals surface area contributed by atoms with Crippen LogP contribution in [0.15, 0.2) is 41.1 Å². The largest absolute Gasteiger partial charge is 0.373 e. The van der Waals surface area contributed by atoms with Crippen LogP contribution in [-0.4, -0.2) is 85.2 Å².